The number of carboxylic acid groups (broad SMARTS) is 1. The molecule has 1 aliphatic heterocycles. The van der Waals surface area contributed by atoms with Gasteiger partial charge in [0.25, 0.3) is 5.69 Å². The molecule has 1 amide bonds. The second kappa shape index (κ2) is 5.20. The van der Waals surface area contributed by atoms with Crippen LogP contribution in [0.15, 0.2) is 22.7 Å². The number of carboxylic acids is 1. The summed E-state index contributed by atoms with van der Waals surface area (Å²) in [4.78, 5) is 34.8. The monoisotopic (exact) mass is 342 g/mol. The van der Waals surface area contributed by atoms with Crippen LogP contribution in [0.25, 0.3) is 0 Å². The molecule has 1 aliphatic rings. The Bertz CT molecular complexity index is 604. The molecule has 0 bridgehead atoms. The number of nitrogens with zero attached hydrogens (tertiary/aromatic N) is 2. The summed E-state index contributed by atoms with van der Waals surface area (Å²) in [5.74, 6) is -2.45. The van der Waals surface area contributed by atoms with Crippen LogP contribution < -0.4 is 0 Å². The van der Waals surface area contributed by atoms with Crippen molar-refractivity contribution in [3.63, 3.8) is 0 Å². The molecule has 0 saturated carbocycles. The van der Waals surface area contributed by atoms with Crippen LogP contribution in [-0.2, 0) is 9.59 Å². The van der Waals surface area contributed by atoms with Crippen molar-refractivity contribution in [2.24, 2.45) is 5.92 Å². The lowest BCUT2D eigenvalue weighted by atomic mass is 9.93. The molecule has 2 unspecified atom stereocenters. The van der Waals surface area contributed by atoms with Gasteiger partial charge in [0, 0.05) is 24.0 Å². The molecule has 20 heavy (non-hydrogen) atoms. The number of likely N-dealkylation sites (tertiary alicyclic amines) is 1. The van der Waals surface area contributed by atoms with Crippen molar-refractivity contribution in [3.05, 3.63) is 38.3 Å². The van der Waals surface area contributed by atoms with Gasteiger partial charge in [-0.3, -0.25) is 19.7 Å². The van der Waals surface area contributed by atoms with Gasteiger partial charge < -0.3 is 10.0 Å². The van der Waals surface area contributed by atoms with Gasteiger partial charge in [0.2, 0.25) is 5.91 Å². The van der Waals surface area contributed by atoms with Crippen LogP contribution in [0, 0.1) is 16.0 Å². The zero-order valence-electron chi connectivity index (χ0n) is 10.4. The zero-order chi connectivity index (χ0) is 15.0. The molecule has 1 fully saturated rings. The summed E-state index contributed by atoms with van der Waals surface area (Å²) >= 11 is 3.14. The van der Waals surface area contributed by atoms with Crippen molar-refractivity contribution < 1.29 is 19.6 Å². The molecular formula is C12H11BrN2O5. The SMILES string of the molecule is CN1C(=O)CC(C(=O)O)C1c1ccc(Br)cc1[N+](=O)[O-]. The molecule has 0 aromatic heterocycles. The highest BCUT2D eigenvalue weighted by molar-refractivity contribution is 9.10. The molecule has 106 valence electrons. The van der Waals surface area contributed by atoms with Gasteiger partial charge in [-0.05, 0) is 12.1 Å². The van der Waals surface area contributed by atoms with Crippen LogP contribution in [0.3, 0.4) is 0 Å². The number of hydrogen-bond donors (Lipinski definition) is 1. The van der Waals surface area contributed by atoms with Gasteiger partial charge >= 0.3 is 5.97 Å². The van der Waals surface area contributed by atoms with E-state index in [1.807, 2.05) is 0 Å². The maximum atomic E-state index is 11.7. The minimum atomic E-state index is -1.13. The van der Waals surface area contributed by atoms with Gasteiger partial charge in [-0.15, -0.1) is 0 Å². The third-order valence-corrected chi connectivity index (χ3v) is 3.90. The fourth-order valence-electron chi connectivity index (χ4n) is 2.44. The molecule has 0 aliphatic carbocycles. The first-order chi connectivity index (χ1) is 9.32. The lowest BCUT2D eigenvalue weighted by Gasteiger charge is -2.23. The van der Waals surface area contributed by atoms with Crippen molar-refractivity contribution in [2.75, 3.05) is 7.05 Å². The van der Waals surface area contributed by atoms with Gasteiger partial charge in [-0.25, -0.2) is 0 Å². The van der Waals surface area contributed by atoms with Crippen molar-refractivity contribution in [1.82, 2.24) is 4.90 Å². The highest BCUT2D eigenvalue weighted by Crippen LogP contribution is 2.41. The van der Waals surface area contributed by atoms with Gasteiger partial charge in [-0.2, -0.15) is 0 Å². The number of benzene rings is 1. The standard InChI is InChI=1S/C12H11BrN2O5/c1-14-10(16)5-8(12(17)18)11(14)7-3-2-6(13)4-9(7)15(19)20/h2-4,8,11H,5H2,1H3,(H,17,18). The van der Waals surface area contributed by atoms with Gasteiger partial charge in [-0.1, -0.05) is 15.9 Å². The molecule has 1 saturated heterocycles. The van der Waals surface area contributed by atoms with E-state index in [1.54, 1.807) is 6.07 Å². The van der Waals surface area contributed by atoms with E-state index in [0.29, 0.717) is 4.47 Å². The van der Waals surface area contributed by atoms with Crippen LogP contribution in [0.5, 0.6) is 0 Å². The van der Waals surface area contributed by atoms with E-state index in [9.17, 15) is 24.8 Å². The molecule has 1 heterocycles. The molecule has 1 aromatic rings. The second-order valence-electron chi connectivity index (χ2n) is 4.56. The largest absolute Gasteiger partial charge is 0.481 e. The maximum Gasteiger partial charge on any atom is 0.309 e. The lowest BCUT2D eigenvalue weighted by molar-refractivity contribution is -0.386. The predicted molar refractivity (Wildman–Crippen MR) is 72.1 cm³/mol. The van der Waals surface area contributed by atoms with Crippen LogP contribution >= 0.6 is 15.9 Å². The minimum Gasteiger partial charge on any atom is -0.481 e. The quantitative estimate of drug-likeness (QED) is 0.668. The van der Waals surface area contributed by atoms with Crippen LogP contribution in [-0.4, -0.2) is 33.9 Å². The molecule has 0 spiro atoms. The molecule has 1 N–H and O–H groups in total. The van der Waals surface area contributed by atoms with Crippen molar-refractivity contribution >= 4 is 33.5 Å². The van der Waals surface area contributed by atoms with E-state index >= 15 is 0 Å². The van der Waals surface area contributed by atoms with E-state index in [1.165, 1.54) is 24.1 Å². The highest BCUT2D eigenvalue weighted by atomic mass is 79.9. The van der Waals surface area contributed by atoms with Gasteiger partial charge in [0.1, 0.15) is 0 Å². The third kappa shape index (κ3) is 2.38. The number of aliphatic carboxylic acids is 1. The summed E-state index contributed by atoms with van der Waals surface area (Å²) in [6, 6.07) is 3.56. The molecule has 2 atom stereocenters. The molecule has 8 heteroatoms. The molecule has 7 nitrogen and oxygen atoms in total. The van der Waals surface area contributed by atoms with E-state index < -0.39 is 22.9 Å². The summed E-state index contributed by atoms with van der Waals surface area (Å²) in [5.41, 5.74) is 0.0381. The average Bonchev–Trinajstić information content (AvgIpc) is 2.66. The fraction of sp³-hybridized carbons (Fsp3) is 0.333. The van der Waals surface area contributed by atoms with Crippen LogP contribution in [0.1, 0.15) is 18.0 Å². The normalized spacial score (nSPS) is 22.1. The Hall–Kier alpha value is -1.96. The van der Waals surface area contributed by atoms with Gasteiger partial charge in [0.15, 0.2) is 0 Å². The number of amides is 1. The first-order valence-corrected chi connectivity index (χ1v) is 6.54. The summed E-state index contributed by atoms with van der Waals surface area (Å²) in [5, 5.41) is 20.3. The molecule has 0 radical (unpaired) electrons. The number of nitro benzene ring substituents is 1. The molecule has 1 aromatic carbocycles. The van der Waals surface area contributed by atoms with Crippen molar-refractivity contribution in [3.8, 4) is 0 Å². The van der Waals surface area contributed by atoms with E-state index in [-0.39, 0.29) is 23.6 Å². The van der Waals surface area contributed by atoms with E-state index in [4.69, 9.17) is 0 Å². The Morgan fingerprint density at radius 3 is 2.75 bits per heavy atom. The lowest BCUT2D eigenvalue weighted by Crippen LogP contribution is -2.27. The van der Waals surface area contributed by atoms with Gasteiger partial charge in [0.05, 0.1) is 22.4 Å². The first-order valence-electron chi connectivity index (χ1n) is 5.75. The van der Waals surface area contributed by atoms with E-state index in [2.05, 4.69) is 15.9 Å². The first kappa shape index (κ1) is 14.4. The number of rotatable bonds is 3. The zero-order valence-corrected chi connectivity index (χ0v) is 12.0. The topological polar surface area (TPSA) is 101 Å². The number of halogens is 1. The van der Waals surface area contributed by atoms with Crippen molar-refractivity contribution in [2.45, 2.75) is 12.5 Å². The molecule has 2 rings (SSSR count). The van der Waals surface area contributed by atoms with Crippen LogP contribution in [0.4, 0.5) is 5.69 Å². The average molecular weight is 343 g/mol. The Labute approximate surface area is 122 Å². The third-order valence-electron chi connectivity index (χ3n) is 3.41. The summed E-state index contributed by atoms with van der Waals surface area (Å²) in [6.07, 6.45) is -0.149. The van der Waals surface area contributed by atoms with E-state index in [0.717, 1.165) is 0 Å². The predicted octanol–water partition coefficient (Wildman–Crippen LogP) is 1.96. The maximum absolute atomic E-state index is 11.7. The Morgan fingerprint density at radius 2 is 2.20 bits per heavy atom. The summed E-state index contributed by atoms with van der Waals surface area (Å²) in [7, 11) is 1.46. The number of hydrogen-bond acceptors (Lipinski definition) is 4. The Balaban J connectivity index is 2.56. The molecular weight excluding hydrogens is 332 g/mol. The van der Waals surface area contributed by atoms with Crippen LogP contribution in [0.2, 0.25) is 0 Å². The fourth-order valence-corrected chi connectivity index (χ4v) is 2.79. The number of nitro groups is 1. The number of carbonyl (C=O) groups excluding carboxylic acids is 1. The minimum absolute atomic E-state index is 0.149. The summed E-state index contributed by atoms with van der Waals surface area (Å²) < 4.78 is 0.520. The smallest absolute Gasteiger partial charge is 0.309 e. The second-order valence-corrected chi connectivity index (χ2v) is 5.47. The van der Waals surface area contributed by atoms with Crippen molar-refractivity contribution in [1.29, 1.82) is 0 Å². The Kier molecular flexibility index (Phi) is 3.76. The highest BCUT2D eigenvalue weighted by Gasteiger charge is 2.45. The number of carbonyl (C=O) groups is 2. The summed E-state index contributed by atoms with van der Waals surface area (Å²) in [6.45, 7) is 0. The Morgan fingerprint density at radius 1 is 1.55 bits per heavy atom.